The van der Waals surface area contributed by atoms with E-state index in [2.05, 4.69) is 0 Å². The van der Waals surface area contributed by atoms with Gasteiger partial charge in [0.15, 0.2) is 0 Å². The molecule has 0 N–H and O–H groups in total. The van der Waals surface area contributed by atoms with Crippen LogP contribution in [0.25, 0.3) is 10.9 Å². The molecule has 1 heterocycles. The van der Waals surface area contributed by atoms with Crippen molar-refractivity contribution in [3.63, 3.8) is 0 Å². The Balaban J connectivity index is 2.41. The van der Waals surface area contributed by atoms with Crippen molar-refractivity contribution in [2.45, 2.75) is 0 Å². The molecule has 0 bridgehead atoms. The largest absolute Gasteiger partial charge is 0.414 e. The van der Waals surface area contributed by atoms with Crippen LogP contribution >= 0.6 is 0 Å². The summed E-state index contributed by atoms with van der Waals surface area (Å²) in [6.45, 7) is 0. The first-order chi connectivity index (χ1) is 7.59. The molecule has 0 saturated carbocycles. The minimum Gasteiger partial charge on any atom is -0.409 e. The Bertz CT molecular complexity index is 529. The van der Waals surface area contributed by atoms with Gasteiger partial charge in [0, 0.05) is 32.7 Å². The number of hydrogen-bond acceptors (Lipinski definition) is 2. The lowest BCUT2D eigenvalue weighted by atomic mass is 10.2. The lowest BCUT2D eigenvalue weighted by Gasteiger charge is -2.11. The van der Waals surface area contributed by atoms with Gasteiger partial charge >= 0.3 is 6.09 Å². The minimum atomic E-state index is -0.364. The van der Waals surface area contributed by atoms with Crippen LogP contribution < -0.4 is 4.74 Å². The molecule has 4 heteroatoms. The standard InChI is InChI=1S/C12H14N2O2/c1-13(2)12(15)16-11-6-4-5-10-9(11)7-8-14(10)3/h4-8H,1-3H3. The molecule has 1 amide bonds. The number of hydrogen-bond donors (Lipinski definition) is 0. The smallest absolute Gasteiger partial charge is 0.409 e. The highest BCUT2D eigenvalue weighted by atomic mass is 16.6. The van der Waals surface area contributed by atoms with Gasteiger partial charge in [-0.3, -0.25) is 0 Å². The Kier molecular flexibility index (Phi) is 2.56. The van der Waals surface area contributed by atoms with Crippen LogP contribution in [0.5, 0.6) is 5.75 Å². The SMILES string of the molecule is CN(C)C(=O)Oc1cccc2c1ccn2C. The summed E-state index contributed by atoms with van der Waals surface area (Å²) in [6, 6.07) is 7.60. The second-order valence-corrected chi connectivity index (χ2v) is 3.88. The lowest BCUT2D eigenvalue weighted by Crippen LogP contribution is -2.25. The van der Waals surface area contributed by atoms with E-state index in [4.69, 9.17) is 4.74 Å². The number of aromatic nitrogens is 1. The fraction of sp³-hybridized carbons (Fsp3) is 0.250. The number of rotatable bonds is 1. The molecule has 0 unspecified atom stereocenters. The quantitative estimate of drug-likeness (QED) is 0.735. The molecule has 1 aromatic carbocycles. The number of carbonyl (C=O) groups is 1. The van der Waals surface area contributed by atoms with Gasteiger partial charge in [-0.05, 0) is 18.2 Å². The molecule has 1 aromatic heterocycles. The van der Waals surface area contributed by atoms with Crippen LogP contribution in [0, 0.1) is 0 Å². The molecule has 84 valence electrons. The monoisotopic (exact) mass is 218 g/mol. The maximum absolute atomic E-state index is 11.5. The first kappa shape index (κ1) is 10.5. The molecule has 2 aromatic rings. The Labute approximate surface area is 94.0 Å². The average molecular weight is 218 g/mol. The highest BCUT2D eigenvalue weighted by Crippen LogP contribution is 2.26. The van der Waals surface area contributed by atoms with Crippen LogP contribution in [0.1, 0.15) is 0 Å². The maximum Gasteiger partial charge on any atom is 0.414 e. The first-order valence-corrected chi connectivity index (χ1v) is 5.03. The van der Waals surface area contributed by atoms with E-state index in [1.165, 1.54) is 4.90 Å². The highest BCUT2D eigenvalue weighted by molar-refractivity contribution is 5.88. The third-order valence-corrected chi connectivity index (χ3v) is 2.45. The van der Waals surface area contributed by atoms with Crippen LogP contribution in [-0.4, -0.2) is 29.7 Å². The van der Waals surface area contributed by atoms with Crippen LogP contribution in [-0.2, 0) is 7.05 Å². The van der Waals surface area contributed by atoms with Gasteiger partial charge in [0.05, 0.1) is 5.52 Å². The fourth-order valence-electron chi connectivity index (χ4n) is 1.55. The van der Waals surface area contributed by atoms with Crippen molar-refractivity contribution in [2.75, 3.05) is 14.1 Å². The van der Waals surface area contributed by atoms with Crippen molar-refractivity contribution in [3.8, 4) is 5.75 Å². The zero-order valence-corrected chi connectivity index (χ0v) is 9.60. The number of fused-ring (bicyclic) bond motifs is 1. The molecule has 0 atom stereocenters. The normalized spacial score (nSPS) is 10.4. The van der Waals surface area contributed by atoms with Crippen molar-refractivity contribution in [3.05, 3.63) is 30.5 Å². The van der Waals surface area contributed by atoms with E-state index in [9.17, 15) is 4.79 Å². The molecule has 0 aliphatic rings. The Morgan fingerprint density at radius 2 is 2.06 bits per heavy atom. The summed E-state index contributed by atoms with van der Waals surface area (Å²) >= 11 is 0. The number of aryl methyl sites for hydroxylation is 1. The third-order valence-electron chi connectivity index (χ3n) is 2.45. The molecule has 0 aliphatic carbocycles. The molecule has 0 saturated heterocycles. The minimum absolute atomic E-state index is 0.364. The predicted molar refractivity (Wildman–Crippen MR) is 62.6 cm³/mol. The number of ether oxygens (including phenoxy) is 1. The fourth-order valence-corrected chi connectivity index (χ4v) is 1.55. The van der Waals surface area contributed by atoms with E-state index in [0.29, 0.717) is 5.75 Å². The van der Waals surface area contributed by atoms with Gasteiger partial charge in [-0.1, -0.05) is 6.07 Å². The van der Waals surface area contributed by atoms with Crippen molar-refractivity contribution in [1.82, 2.24) is 9.47 Å². The topological polar surface area (TPSA) is 34.5 Å². The Morgan fingerprint density at radius 1 is 1.31 bits per heavy atom. The first-order valence-electron chi connectivity index (χ1n) is 5.03. The van der Waals surface area contributed by atoms with E-state index >= 15 is 0 Å². The Hall–Kier alpha value is -1.97. The molecule has 0 fully saturated rings. The predicted octanol–water partition coefficient (Wildman–Crippen LogP) is 2.24. The van der Waals surface area contributed by atoms with E-state index in [-0.39, 0.29) is 6.09 Å². The van der Waals surface area contributed by atoms with E-state index in [1.807, 2.05) is 36.0 Å². The Morgan fingerprint density at radius 3 is 2.75 bits per heavy atom. The molecule has 0 aliphatic heterocycles. The van der Waals surface area contributed by atoms with Gasteiger partial charge in [0.2, 0.25) is 0 Å². The highest BCUT2D eigenvalue weighted by Gasteiger charge is 2.10. The van der Waals surface area contributed by atoms with E-state index in [1.54, 1.807) is 20.2 Å². The summed E-state index contributed by atoms with van der Waals surface area (Å²) in [4.78, 5) is 12.9. The van der Waals surface area contributed by atoms with Crippen LogP contribution in [0.15, 0.2) is 30.5 Å². The van der Waals surface area contributed by atoms with Crippen molar-refractivity contribution in [2.24, 2.45) is 7.05 Å². The van der Waals surface area contributed by atoms with Crippen LogP contribution in [0.2, 0.25) is 0 Å². The van der Waals surface area contributed by atoms with E-state index in [0.717, 1.165) is 10.9 Å². The maximum atomic E-state index is 11.5. The van der Waals surface area contributed by atoms with Gasteiger partial charge in [-0.2, -0.15) is 0 Å². The molecule has 0 spiro atoms. The summed E-state index contributed by atoms with van der Waals surface area (Å²) in [5, 5.41) is 0.945. The zero-order chi connectivity index (χ0) is 11.7. The number of carbonyl (C=O) groups excluding carboxylic acids is 1. The summed E-state index contributed by atoms with van der Waals surface area (Å²) in [5.74, 6) is 0.594. The average Bonchev–Trinajstić information content (AvgIpc) is 2.62. The van der Waals surface area contributed by atoms with Crippen LogP contribution in [0.3, 0.4) is 0 Å². The number of amides is 1. The van der Waals surface area contributed by atoms with Gasteiger partial charge < -0.3 is 14.2 Å². The molecule has 16 heavy (non-hydrogen) atoms. The van der Waals surface area contributed by atoms with Crippen molar-refractivity contribution < 1.29 is 9.53 Å². The zero-order valence-electron chi connectivity index (χ0n) is 9.60. The second kappa shape index (κ2) is 3.89. The molecule has 0 radical (unpaired) electrons. The van der Waals surface area contributed by atoms with Crippen LogP contribution in [0.4, 0.5) is 4.79 Å². The van der Waals surface area contributed by atoms with Gasteiger partial charge in [-0.15, -0.1) is 0 Å². The molecular weight excluding hydrogens is 204 g/mol. The summed E-state index contributed by atoms with van der Waals surface area (Å²) < 4.78 is 7.26. The van der Waals surface area contributed by atoms with Gasteiger partial charge in [-0.25, -0.2) is 4.79 Å². The number of nitrogens with zero attached hydrogens (tertiary/aromatic N) is 2. The van der Waals surface area contributed by atoms with E-state index < -0.39 is 0 Å². The van der Waals surface area contributed by atoms with Gasteiger partial charge in [0.1, 0.15) is 5.75 Å². The molecule has 4 nitrogen and oxygen atoms in total. The third kappa shape index (κ3) is 1.74. The summed E-state index contributed by atoms with van der Waals surface area (Å²) in [6.07, 6.45) is 1.58. The lowest BCUT2D eigenvalue weighted by molar-refractivity contribution is 0.172. The molecule has 2 rings (SSSR count). The second-order valence-electron chi connectivity index (χ2n) is 3.88. The summed E-state index contributed by atoms with van der Waals surface area (Å²) in [5.41, 5.74) is 1.05. The van der Waals surface area contributed by atoms with Crippen molar-refractivity contribution in [1.29, 1.82) is 0 Å². The van der Waals surface area contributed by atoms with Crippen molar-refractivity contribution >= 4 is 17.0 Å². The van der Waals surface area contributed by atoms with Gasteiger partial charge in [0.25, 0.3) is 0 Å². The summed E-state index contributed by atoms with van der Waals surface area (Å²) in [7, 11) is 5.28. The molecular formula is C12H14N2O2. The number of benzene rings is 1.